The number of hydrogen-bond donors (Lipinski definition) is 0. The van der Waals surface area contributed by atoms with Crippen molar-refractivity contribution < 1.29 is 4.79 Å². The summed E-state index contributed by atoms with van der Waals surface area (Å²) in [7, 11) is 0. The number of benzene rings is 1. The van der Waals surface area contributed by atoms with Gasteiger partial charge >= 0.3 is 0 Å². The Labute approximate surface area is 128 Å². The summed E-state index contributed by atoms with van der Waals surface area (Å²) >= 11 is 0. The van der Waals surface area contributed by atoms with E-state index in [4.69, 9.17) is 0 Å². The number of carbonyl (C=O) groups is 1. The van der Waals surface area contributed by atoms with Crippen LogP contribution in [-0.2, 0) is 0 Å². The lowest BCUT2D eigenvalue weighted by atomic mass is 10.1. The number of pyridine rings is 1. The van der Waals surface area contributed by atoms with E-state index in [1.807, 2.05) is 30.3 Å². The SMILES string of the molecule is O=C(/C=C/c1cnc(-c2ccccc2)nc1)c1cccnc1. The molecule has 0 bridgehead atoms. The number of aromatic nitrogens is 3. The van der Waals surface area contributed by atoms with Crippen LogP contribution in [0.15, 0.2) is 73.3 Å². The normalized spacial score (nSPS) is 10.7. The van der Waals surface area contributed by atoms with Crippen molar-refractivity contribution in [3.05, 3.63) is 84.5 Å². The van der Waals surface area contributed by atoms with E-state index in [9.17, 15) is 4.79 Å². The smallest absolute Gasteiger partial charge is 0.187 e. The number of carbonyl (C=O) groups excluding carboxylic acids is 1. The first-order valence-electron chi connectivity index (χ1n) is 6.83. The highest BCUT2D eigenvalue weighted by molar-refractivity contribution is 6.06. The maximum atomic E-state index is 11.9. The molecule has 0 saturated carbocycles. The standard InChI is InChI=1S/C18H13N3O/c22-17(16-7-4-10-19-13-16)9-8-14-11-20-18(21-12-14)15-5-2-1-3-6-15/h1-13H/b9-8+. The van der Waals surface area contributed by atoms with Crippen molar-refractivity contribution >= 4 is 11.9 Å². The average molecular weight is 287 g/mol. The van der Waals surface area contributed by atoms with Crippen molar-refractivity contribution in [3.8, 4) is 11.4 Å². The van der Waals surface area contributed by atoms with Gasteiger partial charge in [0.2, 0.25) is 0 Å². The highest BCUT2D eigenvalue weighted by Crippen LogP contribution is 2.13. The summed E-state index contributed by atoms with van der Waals surface area (Å²) in [6, 6.07) is 13.2. The average Bonchev–Trinajstić information content (AvgIpc) is 2.61. The summed E-state index contributed by atoms with van der Waals surface area (Å²) < 4.78 is 0. The number of rotatable bonds is 4. The van der Waals surface area contributed by atoms with Crippen molar-refractivity contribution in [2.75, 3.05) is 0 Å². The zero-order chi connectivity index (χ0) is 15.2. The molecular formula is C18H13N3O. The van der Waals surface area contributed by atoms with Gasteiger partial charge in [0.15, 0.2) is 11.6 Å². The van der Waals surface area contributed by atoms with Gasteiger partial charge in [0.1, 0.15) is 0 Å². The Hall–Kier alpha value is -3.14. The Morgan fingerprint density at radius 1 is 0.909 bits per heavy atom. The molecule has 0 N–H and O–H groups in total. The van der Waals surface area contributed by atoms with E-state index in [2.05, 4.69) is 15.0 Å². The number of ketones is 1. The molecule has 0 aliphatic rings. The van der Waals surface area contributed by atoms with Crippen LogP contribution in [0.3, 0.4) is 0 Å². The van der Waals surface area contributed by atoms with Crippen molar-refractivity contribution in [1.82, 2.24) is 15.0 Å². The third kappa shape index (κ3) is 3.30. The predicted octanol–water partition coefficient (Wildman–Crippen LogP) is 3.43. The lowest BCUT2D eigenvalue weighted by Gasteiger charge is -1.99. The molecule has 0 spiro atoms. The van der Waals surface area contributed by atoms with Crippen LogP contribution in [0.5, 0.6) is 0 Å². The van der Waals surface area contributed by atoms with E-state index in [-0.39, 0.29) is 5.78 Å². The molecular weight excluding hydrogens is 274 g/mol. The van der Waals surface area contributed by atoms with Gasteiger partial charge in [-0.1, -0.05) is 30.3 Å². The summed E-state index contributed by atoms with van der Waals surface area (Å²) in [6.45, 7) is 0. The number of allylic oxidation sites excluding steroid dienone is 1. The van der Waals surface area contributed by atoms with Gasteiger partial charge in [-0.2, -0.15) is 0 Å². The molecule has 4 heteroatoms. The fraction of sp³-hybridized carbons (Fsp3) is 0. The van der Waals surface area contributed by atoms with Crippen LogP contribution < -0.4 is 0 Å². The van der Waals surface area contributed by atoms with Crippen LogP contribution in [0.4, 0.5) is 0 Å². The van der Waals surface area contributed by atoms with Crippen molar-refractivity contribution in [2.24, 2.45) is 0 Å². The van der Waals surface area contributed by atoms with Crippen LogP contribution in [0.25, 0.3) is 17.5 Å². The Balaban J connectivity index is 1.74. The Morgan fingerprint density at radius 2 is 1.68 bits per heavy atom. The van der Waals surface area contributed by atoms with Crippen LogP contribution in [0.1, 0.15) is 15.9 Å². The van der Waals surface area contributed by atoms with E-state index in [1.165, 1.54) is 6.08 Å². The van der Waals surface area contributed by atoms with Gasteiger partial charge in [-0.25, -0.2) is 9.97 Å². The molecule has 0 saturated heterocycles. The lowest BCUT2D eigenvalue weighted by molar-refractivity contribution is 0.104. The van der Waals surface area contributed by atoms with Crippen molar-refractivity contribution in [2.45, 2.75) is 0 Å². The molecule has 0 atom stereocenters. The fourth-order valence-electron chi connectivity index (χ4n) is 1.94. The highest BCUT2D eigenvalue weighted by Gasteiger charge is 2.02. The molecule has 1 aromatic carbocycles. The summed E-state index contributed by atoms with van der Waals surface area (Å²) in [6.07, 6.45) is 9.77. The fourth-order valence-corrected chi connectivity index (χ4v) is 1.94. The topological polar surface area (TPSA) is 55.7 Å². The van der Waals surface area contributed by atoms with Gasteiger partial charge in [0, 0.05) is 41.5 Å². The van der Waals surface area contributed by atoms with E-state index in [0.717, 1.165) is 11.1 Å². The van der Waals surface area contributed by atoms with Crippen LogP contribution in [-0.4, -0.2) is 20.7 Å². The van der Waals surface area contributed by atoms with Crippen molar-refractivity contribution in [1.29, 1.82) is 0 Å². The minimum atomic E-state index is -0.0970. The van der Waals surface area contributed by atoms with E-state index in [0.29, 0.717) is 11.4 Å². The molecule has 4 nitrogen and oxygen atoms in total. The van der Waals surface area contributed by atoms with E-state index < -0.39 is 0 Å². The molecule has 0 aliphatic heterocycles. The van der Waals surface area contributed by atoms with Crippen LogP contribution in [0.2, 0.25) is 0 Å². The molecule has 3 aromatic rings. The summed E-state index contributed by atoms with van der Waals surface area (Å²) in [5.74, 6) is 0.566. The first kappa shape index (κ1) is 13.8. The second kappa shape index (κ2) is 6.54. The Bertz CT molecular complexity index is 782. The molecule has 106 valence electrons. The minimum absolute atomic E-state index is 0.0970. The number of nitrogens with zero attached hydrogens (tertiary/aromatic N) is 3. The molecule has 3 rings (SSSR count). The second-order valence-electron chi connectivity index (χ2n) is 4.65. The third-order valence-corrected chi connectivity index (χ3v) is 3.08. The molecule has 2 aromatic heterocycles. The van der Waals surface area contributed by atoms with Crippen LogP contribution >= 0.6 is 0 Å². The van der Waals surface area contributed by atoms with E-state index >= 15 is 0 Å². The second-order valence-corrected chi connectivity index (χ2v) is 4.65. The van der Waals surface area contributed by atoms with Gasteiger partial charge in [-0.05, 0) is 24.3 Å². The first-order valence-corrected chi connectivity index (χ1v) is 6.83. The Morgan fingerprint density at radius 3 is 2.36 bits per heavy atom. The maximum absolute atomic E-state index is 11.9. The van der Waals surface area contributed by atoms with Crippen LogP contribution in [0, 0.1) is 0 Å². The van der Waals surface area contributed by atoms with Gasteiger partial charge in [0.25, 0.3) is 0 Å². The van der Waals surface area contributed by atoms with Gasteiger partial charge in [0.05, 0.1) is 0 Å². The first-order chi connectivity index (χ1) is 10.8. The van der Waals surface area contributed by atoms with Gasteiger partial charge in [-0.15, -0.1) is 0 Å². The molecule has 0 unspecified atom stereocenters. The summed E-state index contributed by atoms with van der Waals surface area (Å²) in [5.41, 5.74) is 2.29. The molecule has 0 radical (unpaired) electrons. The van der Waals surface area contributed by atoms with E-state index in [1.54, 1.807) is 43.0 Å². The Kier molecular flexibility index (Phi) is 4.11. The maximum Gasteiger partial charge on any atom is 0.187 e. The summed E-state index contributed by atoms with van der Waals surface area (Å²) in [4.78, 5) is 24.5. The predicted molar refractivity (Wildman–Crippen MR) is 85.1 cm³/mol. The largest absolute Gasteiger partial charge is 0.289 e. The van der Waals surface area contributed by atoms with Gasteiger partial charge < -0.3 is 0 Å². The zero-order valence-electron chi connectivity index (χ0n) is 11.8. The number of hydrogen-bond acceptors (Lipinski definition) is 4. The molecule has 0 fully saturated rings. The lowest BCUT2D eigenvalue weighted by Crippen LogP contribution is -1.94. The monoisotopic (exact) mass is 287 g/mol. The zero-order valence-corrected chi connectivity index (χ0v) is 11.8. The molecule has 22 heavy (non-hydrogen) atoms. The highest BCUT2D eigenvalue weighted by atomic mass is 16.1. The molecule has 2 heterocycles. The summed E-state index contributed by atoms with van der Waals surface area (Å²) in [5, 5.41) is 0. The minimum Gasteiger partial charge on any atom is -0.289 e. The van der Waals surface area contributed by atoms with Crippen molar-refractivity contribution in [3.63, 3.8) is 0 Å². The quantitative estimate of drug-likeness (QED) is 0.545. The molecule has 0 amide bonds. The molecule has 0 aliphatic carbocycles. The van der Waals surface area contributed by atoms with Gasteiger partial charge in [-0.3, -0.25) is 9.78 Å². The third-order valence-electron chi connectivity index (χ3n) is 3.08.